The number of hydrogen-bond acceptors (Lipinski definition) is 5. The summed E-state index contributed by atoms with van der Waals surface area (Å²) in [6, 6.07) is 2.37. The number of fused-ring (bicyclic) bond motifs is 1. The zero-order valence-electron chi connectivity index (χ0n) is 14.0. The molecule has 1 aromatic heterocycles. The summed E-state index contributed by atoms with van der Waals surface area (Å²) in [5.74, 6) is 1.03. The number of nitrogens with one attached hydrogen (secondary N) is 1. The van der Waals surface area contributed by atoms with Crippen molar-refractivity contribution >= 4 is 17.6 Å². The second-order valence-electron chi connectivity index (χ2n) is 7.08. The standard InChI is InChI=1S/C17H23N5O2/c1-21(17(24)12-5-6-16(23)18-8-12)13-9-22(10-13)15-7-11-3-2-4-14(11)19-20-15/h7,12-13H,2-6,8-10H2,1H3,(H,18,23). The largest absolute Gasteiger partial charge is 0.355 e. The van der Waals surface area contributed by atoms with E-state index in [1.165, 1.54) is 12.0 Å². The Balaban J connectivity index is 1.33. The van der Waals surface area contributed by atoms with Crippen LogP contribution < -0.4 is 10.2 Å². The lowest BCUT2D eigenvalue weighted by Crippen LogP contribution is -2.61. The van der Waals surface area contributed by atoms with Crippen molar-refractivity contribution in [3.8, 4) is 0 Å². The first-order valence-electron chi connectivity index (χ1n) is 8.75. The van der Waals surface area contributed by atoms with Gasteiger partial charge in [-0.1, -0.05) is 0 Å². The van der Waals surface area contributed by atoms with Gasteiger partial charge >= 0.3 is 0 Å². The molecule has 2 fully saturated rings. The predicted molar refractivity (Wildman–Crippen MR) is 88.6 cm³/mol. The van der Waals surface area contributed by atoms with E-state index in [1.54, 1.807) is 0 Å². The molecule has 3 aliphatic rings. The summed E-state index contributed by atoms with van der Waals surface area (Å²) in [4.78, 5) is 27.8. The van der Waals surface area contributed by atoms with Gasteiger partial charge in [0.25, 0.3) is 0 Å². The normalized spacial score (nSPS) is 23.5. The van der Waals surface area contributed by atoms with Crippen molar-refractivity contribution in [2.75, 3.05) is 31.6 Å². The zero-order chi connectivity index (χ0) is 16.7. The second-order valence-corrected chi connectivity index (χ2v) is 7.08. The fourth-order valence-electron chi connectivity index (χ4n) is 3.77. The number of hydrogen-bond donors (Lipinski definition) is 1. The molecule has 0 radical (unpaired) electrons. The molecule has 128 valence electrons. The van der Waals surface area contributed by atoms with Crippen molar-refractivity contribution in [2.24, 2.45) is 5.92 Å². The van der Waals surface area contributed by atoms with Crippen LogP contribution >= 0.6 is 0 Å². The number of rotatable bonds is 3. The van der Waals surface area contributed by atoms with Crippen LogP contribution in [0.3, 0.4) is 0 Å². The van der Waals surface area contributed by atoms with Gasteiger partial charge in [-0.15, -0.1) is 5.10 Å². The third kappa shape index (κ3) is 2.72. The highest BCUT2D eigenvalue weighted by atomic mass is 16.2. The fourth-order valence-corrected chi connectivity index (χ4v) is 3.77. The van der Waals surface area contributed by atoms with Crippen molar-refractivity contribution < 1.29 is 9.59 Å². The van der Waals surface area contributed by atoms with Crippen molar-refractivity contribution in [1.29, 1.82) is 0 Å². The van der Waals surface area contributed by atoms with Crippen LogP contribution in [0.5, 0.6) is 0 Å². The summed E-state index contributed by atoms with van der Waals surface area (Å²) in [6.45, 7) is 2.07. The lowest BCUT2D eigenvalue weighted by molar-refractivity contribution is -0.138. The van der Waals surface area contributed by atoms with Crippen LogP contribution in [0.4, 0.5) is 5.82 Å². The van der Waals surface area contributed by atoms with E-state index in [9.17, 15) is 9.59 Å². The number of anilines is 1. The fraction of sp³-hybridized carbons (Fsp3) is 0.647. The minimum Gasteiger partial charge on any atom is -0.355 e. The monoisotopic (exact) mass is 329 g/mol. The van der Waals surface area contributed by atoms with Crippen molar-refractivity contribution in [3.05, 3.63) is 17.3 Å². The van der Waals surface area contributed by atoms with E-state index >= 15 is 0 Å². The van der Waals surface area contributed by atoms with Gasteiger partial charge in [0.05, 0.1) is 17.7 Å². The van der Waals surface area contributed by atoms with Crippen molar-refractivity contribution in [1.82, 2.24) is 20.4 Å². The second kappa shape index (κ2) is 6.03. The topological polar surface area (TPSA) is 78.4 Å². The molecule has 1 atom stereocenters. The summed E-state index contributed by atoms with van der Waals surface area (Å²) < 4.78 is 0. The van der Waals surface area contributed by atoms with Gasteiger partial charge in [0.2, 0.25) is 11.8 Å². The third-order valence-electron chi connectivity index (χ3n) is 5.50. The molecule has 0 saturated carbocycles. The van der Waals surface area contributed by atoms with E-state index in [-0.39, 0.29) is 23.8 Å². The number of aromatic nitrogens is 2. The molecule has 0 bridgehead atoms. The first-order valence-corrected chi connectivity index (χ1v) is 8.75. The molecule has 1 aliphatic carbocycles. The maximum Gasteiger partial charge on any atom is 0.227 e. The van der Waals surface area contributed by atoms with E-state index in [0.29, 0.717) is 19.4 Å². The number of piperidine rings is 1. The Morgan fingerprint density at radius 3 is 2.88 bits per heavy atom. The highest BCUT2D eigenvalue weighted by Crippen LogP contribution is 2.27. The van der Waals surface area contributed by atoms with E-state index in [4.69, 9.17) is 0 Å². The van der Waals surface area contributed by atoms with Gasteiger partial charge in [0, 0.05) is 33.1 Å². The van der Waals surface area contributed by atoms with Crippen LogP contribution in [0.1, 0.15) is 30.5 Å². The molecule has 24 heavy (non-hydrogen) atoms. The van der Waals surface area contributed by atoms with E-state index in [0.717, 1.165) is 37.4 Å². The first kappa shape index (κ1) is 15.4. The van der Waals surface area contributed by atoms with Crippen molar-refractivity contribution in [2.45, 2.75) is 38.1 Å². The molecule has 7 heteroatoms. The number of carbonyl (C=O) groups excluding carboxylic acids is 2. The Labute approximate surface area is 141 Å². The van der Waals surface area contributed by atoms with Crippen LogP contribution in [0, 0.1) is 5.92 Å². The molecule has 0 spiro atoms. The molecule has 0 aromatic carbocycles. The first-order chi connectivity index (χ1) is 11.6. The number of aryl methyl sites for hydroxylation is 2. The predicted octanol–water partition coefficient (Wildman–Crippen LogP) is 0.139. The van der Waals surface area contributed by atoms with Gasteiger partial charge in [-0.25, -0.2) is 0 Å². The molecule has 2 amide bonds. The maximum atomic E-state index is 12.6. The van der Waals surface area contributed by atoms with Crippen LogP contribution in [0.2, 0.25) is 0 Å². The molecule has 1 N–H and O–H groups in total. The summed E-state index contributed by atoms with van der Waals surface area (Å²) in [6.07, 6.45) is 4.42. The molecule has 2 saturated heterocycles. The van der Waals surface area contributed by atoms with Crippen LogP contribution in [-0.2, 0) is 22.4 Å². The number of likely N-dealkylation sites (N-methyl/N-ethyl adjacent to an activating group) is 1. The highest BCUT2D eigenvalue weighted by molar-refractivity contribution is 5.84. The molecule has 1 aromatic rings. The molecular weight excluding hydrogens is 306 g/mol. The number of carbonyl (C=O) groups is 2. The average molecular weight is 329 g/mol. The van der Waals surface area contributed by atoms with Gasteiger partial charge in [0.15, 0.2) is 5.82 Å². The SMILES string of the molecule is CN(C(=O)C1CCC(=O)NC1)C1CN(c2cc3c(nn2)CCC3)C1. The Bertz CT molecular complexity index is 661. The molecular formula is C17H23N5O2. The van der Waals surface area contributed by atoms with Gasteiger partial charge in [-0.2, -0.15) is 5.10 Å². The maximum absolute atomic E-state index is 12.6. The molecule has 2 aliphatic heterocycles. The number of nitrogens with zero attached hydrogens (tertiary/aromatic N) is 4. The number of amides is 2. The van der Waals surface area contributed by atoms with Gasteiger partial charge in [0.1, 0.15) is 0 Å². The lowest BCUT2D eigenvalue weighted by atomic mass is 9.96. The smallest absolute Gasteiger partial charge is 0.227 e. The third-order valence-corrected chi connectivity index (χ3v) is 5.50. The lowest BCUT2D eigenvalue weighted by Gasteiger charge is -2.45. The Hall–Kier alpha value is -2.18. The van der Waals surface area contributed by atoms with Crippen LogP contribution in [-0.4, -0.2) is 59.6 Å². The molecule has 7 nitrogen and oxygen atoms in total. The summed E-state index contributed by atoms with van der Waals surface area (Å²) in [7, 11) is 1.87. The minimum atomic E-state index is -0.0819. The zero-order valence-corrected chi connectivity index (χ0v) is 14.0. The Morgan fingerprint density at radius 2 is 2.12 bits per heavy atom. The quantitative estimate of drug-likeness (QED) is 0.853. The highest BCUT2D eigenvalue weighted by Gasteiger charge is 2.36. The van der Waals surface area contributed by atoms with Crippen LogP contribution in [0.15, 0.2) is 6.07 Å². The molecule has 1 unspecified atom stereocenters. The average Bonchev–Trinajstić information content (AvgIpc) is 3.01. The van der Waals surface area contributed by atoms with Gasteiger partial charge in [-0.3, -0.25) is 9.59 Å². The Kier molecular flexibility index (Phi) is 3.86. The van der Waals surface area contributed by atoms with E-state index in [2.05, 4.69) is 26.5 Å². The van der Waals surface area contributed by atoms with E-state index < -0.39 is 0 Å². The minimum absolute atomic E-state index is 0.0479. The summed E-state index contributed by atoms with van der Waals surface area (Å²) >= 11 is 0. The summed E-state index contributed by atoms with van der Waals surface area (Å²) in [5.41, 5.74) is 2.47. The van der Waals surface area contributed by atoms with E-state index in [1.807, 2.05) is 11.9 Å². The summed E-state index contributed by atoms with van der Waals surface area (Å²) in [5, 5.41) is 11.5. The van der Waals surface area contributed by atoms with Crippen molar-refractivity contribution in [3.63, 3.8) is 0 Å². The van der Waals surface area contributed by atoms with Gasteiger partial charge < -0.3 is 15.1 Å². The van der Waals surface area contributed by atoms with Gasteiger partial charge in [-0.05, 0) is 37.3 Å². The molecule has 3 heterocycles. The molecule has 4 rings (SSSR count). The van der Waals surface area contributed by atoms with Crippen LogP contribution in [0.25, 0.3) is 0 Å². The Morgan fingerprint density at radius 1 is 1.29 bits per heavy atom.